The van der Waals surface area contributed by atoms with E-state index in [0.717, 1.165) is 51.1 Å². The van der Waals surface area contributed by atoms with E-state index in [9.17, 15) is 29.4 Å². The average Bonchev–Trinajstić information content (AvgIpc) is 3.46. The lowest BCUT2D eigenvalue weighted by Crippen LogP contribution is -2.71. The number of urea groups is 1. The smallest absolute Gasteiger partial charge is 0.353 e. The van der Waals surface area contributed by atoms with Crippen LogP contribution in [0.1, 0.15) is 59.3 Å². The van der Waals surface area contributed by atoms with Gasteiger partial charge in [-0.1, -0.05) is 20.3 Å². The SMILES string of the molecule is CCC(NC(N)=O)(NC(=O)CCSC[C@@H]1C[C@H](SC2=C(C(=O)O)N3C(=O)[C@H]([C@@H](C)O)[C@H]3[C@H]2C)CN1)N1CCCCC1. The Hall–Kier alpha value is -2.00. The largest absolute Gasteiger partial charge is 0.477 e. The zero-order valence-electron chi connectivity index (χ0n) is 24.1. The number of nitrogens with one attached hydrogen (secondary N) is 3. The molecule has 230 valence electrons. The molecule has 4 amide bonds. The molecule has 12 nitrogen and oxygen atoms in total. The number of nitrogens with two attached hydrogens (primary N) is 1. The first-order valence-electron chi connectivity index (χ1n) is 14.6. The molecule has 7 atom stereocenters. The van der Waals surface area contributed by atoms with E-state index in [4.69, 9.17) is 5.73 Å². The highest BCUT2D eigenvalue weighted by Crippen LogP contribution is 2.51. The van der Waals surface area contributed by atoms with Crippen LogP contribution < -0.4 is 21.7 Å². The van der Waals surface area contributed by atoms with Crippen molar-refractivity contribution in [3.8, 4) is 0 Å². The third kappa shape index (κ3) is 6.82. The Morgan fingerprint density at radius 1 is 1.22 bits per heavy atom. The van der Waals surface area contributed by atoms with Gasteiger partial charge in [-0.3, -0.25) is 14.5 Å². The molecule has 0 aliphatic carbocycles. The summed E-state index contributed by atoms with van der Waals surface area (Å²) in [5, 5.41) is 29.4. The van der Waals surface area contributed by atoms with Crippen molar-refractivity contribution in [1.29, 1.82) is 0 Å². The fourth-order valence-corrected chi connectivity index (χ4v) is 9.16. The average molecular weight is 613 g/mol. The maximum absolute atomic E-state index is 12.9. The molecular formula is C27H44N6O6S2. The molecule has 0 radical (unpaired) electrons. The van der Waals surface area contributed by atoms with Gasteiger partial charge in [-0.2, -0.15) is 11.8 Å². The Morgan fingerprint density at radius 3 is 2.54 bits per heavy atom. The zero-order chi connectivity index (χ0) is 29.9. The van der Waals surface area contributed by atoms with Gasteiger partial charge in [0.25, 0.3) is 0 Å². The standard InChI is InChI=1S/C27H44N6O6S2/c1-4-27(31-26(28)39,32-9-6-5-7-10-32)30-19(35)8-11-40-14-17-12-18(13-29-17)41-23-15(2)21-20(16(3)34)24(36)33(21)22(23)25(37)38/h15-18,20-21,29,34H,4-14H2,1-3H3,(H,30,35)(H,37,38)(H3,28,31,39)/t15-,16-,17+,18+,20-,21-,27?/m1/s1. The van der Waals surface area contributed by atoms with Gasteiger partial charge in [0.05, 0.1) is 18.1 Å². The van der Waals surface area contributed by atoms with E-state index in [2.05, 4.69) is 20.9 Å². The van der Waals surface area contributed by atoms with Crippen LogP contribution in [0.25, 0.3) is 0 Å². The summed E-state index contributed by atoms with van der Waals surface area (Å²) in [5.41, 5.74) is 5.53. The van der Waals surface area contributed by atoms with Crippen LogP contribution in [0, 0.1) is 11.8 Å². The van der Waals surface area contributed by atoms with Crippen LogP contribution in [0.3, 0.4) is 0 Å². The van der Waals surface area contributed by atoms with Gasteiger partial charge in [0, 0.05) is 66.1 Å². The van der Waals surface area contributed by atoms with Crippen LogP contribution in [-0.2, 0) is 14.4 Å². The van der Waals surface area contributed by atoms with E-state index in [1.165, 1.54) is 16.7 Å². The van der Waals surface area contributed by atoms with Crippen LogP contribution >= 0.6 is 23.5 Å². The predicted molar refractivity (Wildman–Crippen MR) is 159 cm³/mol. The van der Waals surface area contributed by atoms with Crippen molar-refractivity contribution in [2.24, 2.45) is 17.6 Å². The Kier molecular flexibility index (Phi) is 10.5. The normalized spacial score (nSPS) is 30.4. The summed E-state index contributed by atoms with van der Waals surface area (Å²) in [6, 6.07) is -0.735. The highest BCUT2D eigenvalue weighted by atomic mass is 32.2. The Morgan fingerprint density at radius 2 is 1.93 bits per heavy atom. The third-order valence-corrected chi connectivity index (χ3v) is 11.3. The zero-order valence-corrected chi connectivity index (χ0v) is 25.7. The summed E-state index contributed by atoms with van der Waals surface area (Å²) < 4.78 is 0. The molecule has 0 aromatic carbocycles. The molecule has 0 aromatic rings. The molecular weight excluding hydrogens is 568 g/mol. The molecule has 14 heteroatoms. The summed E-state index contributed by atoms with van der Waals surface area (Å²) in [6.45, 7) is 7.75. The van der Waals surface area contributed by atoms with Crippen molar-refractivity contribution in [3.05, 3.63) is 10.6 Å². The number of carbonyl (C=O) groups is 4. The van der Waals surface area contributed by atoms with Crippen molar-refractivity contribution in [1.82, 2.24) is 25.8 Å². The fourth-order valence-electron chi connectivity index (χ4n) is 6.61. The van der Waals surface area contributed by atoms with Gasteiger partial charge in [0.15, 0.2) is 5.79 Å². The highest BCUT2D eigenvalue weighted by Gasteiger charge is 2.60. The maximum Gasteiger partial charge on any atom is 0.353 e. The van der Waals surface area contributed by atoms with E-state index in [0.29, 0.717) is 23.5 Å². The summed E-state index contributed by atoms with van der Waals surface area (Å²) in [6.07, 6.45) is 4.00. The van der Waals surface area contributed by atoms with Crippen molar-refractivity contribution in [2.45, 2.75) is 88.5 Å². The Labute approximate surface area is 250 Å². The number of carbonyl (C=O) groups excluding carboxylic acids is 3. The van der Waals surface area contributed by atoms with Crippen LogP contribution in [0.2, 0.25) is 0 Å². The number of fused-ring (bicyclic) bond motifs is 1. The molecule has 1 unspecified atom stereocenters. The summed E-state index contributed by atoms with van der Waals surface area (Å²) >= 11 is 3.22. The summed E-state index contributed by atoms with van der Waals surface area (Å²) in [4.78, 5) is 53.5. The van der Waals surface area contributed by atoms with Crippen LogP contribution in [0.15, 0.2) is 10.6 Å². The number of piperidine rings is 1. The lowest BCUT2D eigenvalue weighted by atomic mass is 9.79. The first kappa shape index (κ1) is 31.9. The number of aliphatic hydroxyl groups is 1. The number of carboxylic acid groups (broad SMARTS) is 1. The number of hydrogen-bond donors (Lipinski definition) is 6. The third-order valence-electron chi connectivity index (χ3n) is 8.66. The van der Waals surface area contributed by atoms with Gasteiger partial charge in [-0.25, -0.2) is 9.59 Å². The number of hydrogen-bond acceptors (Lipinski definition) is 9. The first-order chi connectivity index (χ1) is 19.5. The molecule has 7 N–H and O–H groups in total. The van der Waals surface area contributed by atoms with Gasteiger partial charge in [0.2, 0.25) is 11.8 Å². The number of β-lactam (4-membered cyclic amide) rings is 1. The molecule has 0 bridgehead atoms. The second-order valence-corrected chi connectivity index (χ2v) is 14.0. The van der Waals surface area contributed by atoms with Crippen LogP contribution in [0.5, 0.6) is 0 Å². The van der Waals surface area contributed by atoms with Gasteiger partial charge < -0.3 is 36.8 Å². The molecule has 4 aliphatic heterocycles. The molecule has 3 fully saturated rings. The number of aliphatic hydroxyl groups excluding tert-OH is 1. The minimum atomic E-state index is -1.10. The number of primary amides is 1. The highest BCUT2D eigenvalue weighted by molar-refractivity contribution is 8.03. The number of amides is 4. The van der Waals surface area contributed by atoms with E-state index in [1.807, 2.05) is 13.8 Å². The topological polar surface area (TPSA) is 177 Å². The Bertz CT molecular complexity index is 1050. The van der Waals surface area contributed by atoms with E-state index in [-0.39, 0.29) is 40.8 Å². The molecule has 4 aliphatic rings. The molecule has 0 saturated carbocycles. The molecule has 4 rings (SSSR count). The van der Waals surface area contributed by atoms with Crippen molar-refractivity contribution in [2.75, 3.05) is 31.1 Å². The van der Waals surface area contributed by atoms with Crippen molar-refractivity contribution < 1.29 is 29.4 Å². The summed E-state index contributed by atoms with van der Waals surface area (Å²) in [7, 11) is 0. The number of aliphatic carboxylic acids is 1. The van der Waals surface area contributed by atoms with Crippen LogP contribution in [0.4, 0.5) is 4.79 Å². The van der Waals surface area contributed by atoms with E-state index < -0.39 is 29.8 Å². The first-order valence-corrected chi connectivity index (χ1v) is 16.6. The lowest BCUT2D eigenvalue weighted by molar-refractivity contribution is -0.163. The Balaban J connectivity index is 1.24. The fraction of sp³-hybridized carbons (Fsp3) is 0.778. The van der Waals surface area contributed by atoms with E-state index >= 15 is 0 Å². The number of rotatable bonds is 13. The predicted octanol–water partition coefficient (Wildman–Crippen LogP) is 1.06. The minimum Gasteiger partial charge on any atom is -0.477 e. The van der Waals surface area contributed by atoms with Gasteiger partial charge in [-0.05, 0) is 26.2 Å². The van der Waals surface area contributed by atoms with Crippen molar-refractivity contribution in [3.63, 3.8) is 0 Å². The van der Waals surface area contributed by atoms with Gasteiger partial charge in [0.1, 0.15) is 5.70 Å². The second kappa shape index (κ2) is 13.5. The quantitative estimate of drug-likeness (QED) is 0.100. The number of carboxylic acids is 1. The lowest BCUT2D eigenvalue weighted by Gasteiger charge is -2.46. The summed E-state index contributed by atoms with van der Waals surface area (Å²) in [5.74, 6) is -1.78. The molecule has 4 heterocycles. The number of likely N-dealkylation sites (tertiary alicyclic amines) is 1. The van der Waals surface area contributed by atoms with Gasteiger partial charge >= 0.3 is 12.0 Å². The molecule has 41 heavy (non-hydrogen) atoms. The molecule has 0 aromatic heterocycles. The van der Waals surface area contributed by atoms with Crippen LogP contribution in [-0.4, -0.2) is 104 Å². The molecule has 0 spiro atoms. The number of thioether (sulfide) groups is 2. The minimum absolute atomic E-state index is 0.0665. The van der Waals surface area contributed by atoms with Gasteiger partial charge in [-0.15, -0.1) is 11.8 Å². The monoisotopic (exact) mass is 612 g/mol. The van der Waals surface area contributed by atoms with Crippen molar-refractivity contribution >= 4 is 47.3 Å². The van der Waals surface area contributed by atoms with E-state index in [1.54, 1.807) is 18.7 Å². The maximum atomic E-state index is 12.9. The second-order valence-electron chi connectivity index (χ2n) is 11.5. The molecule has 3 saturated heterocycles. The number of nitrogens with zero attached hydrogens (tertiary/aromatic N) is 2.